The third kappa shape index (κ3) is 1.95. The van der Waals surface area contributed by atoms with Crippen LogP contribution in [0.5, 0.6) is 0 Å². The van der Waals surface area contributed by atoms with Crippen molar-refractivity contribution in [2.24, 2.45) is 0 Å². The van der Waals surface area contributed by atoms with Crippen molar-refractivity contribution in [2.75, 3.05) is 19.7 Å². The minimum Gasteiger partial charge on any atom is -0.373 e. The van der Waals surface area contributed by atoms with E-state index in [1.807, 2.05) is 4.90 Å². The van der Waals surface area contributed by atoms with Crippen LogP contribution in [0.2, 0.25) is 0 Å². The van der Waals surface area contributed by atoms with Gasteiger partial charge in [-0.3, -0.25) is 4.90 Å². The second-order valence-electron chi connectivity index (χ2n) is 3.16. The van der Waals surface area contributed by atoms with Crippen LogP contribution in [0.3, 0.4) is 0 Å². The van der Waals surface area contributed by atoms with Gasteiger partial charge >= 0.3 is 0 Å². The molecule has 0 aliphatic carbocycles. The Labute approximate surface area is 56.8 Å². The number of hydrogen-bond acceptors (Lipinski definition) is 2. The topological polar surface area (TPSA) is 12.5 Å². The molecule has 0 spiro atoms. The third-order valence-electron chi connectivity index (χ3n) is 1.50. The van der Waals surface area contributed by atoms with Crippen LogP contribution in [0.1, 0.15) is 13.8 Å². The van der Waals surface area contributed by atoms with E-state index in [9.17, 15) is 0 Å². The van der Waals surface area contributed by atoms with Gasteiger partial charge in [-0.15, -0.1) is 0 Å². The Bertz CT molecular complexity index is 101. The van der Waals surface area contributed by atoms with Gasteiger partial charge in [-0.25, -0.2) is 0 Å². The summed E-state index contributed by atoms with van der Waals surface area (Å²) in [6.07, 6.45) is 0. The number of ether oxygens (including phenoxy) is 1. The molecule has 1 heterocycles. The molecule has 0 saturated carbocycles. The lowest BCUT2D eigenvalue weighted by Gasteiger charge is -2.35. The second kappa shape index (κ2) is 2.27. The van der Waals surface area contributed by atoms with Crippen molar-refractivity contribution in [3.63, 3.8) is 0 Å². The first-order chi connectivity index (χ1) is 4.10. The van der Waals surface area contributed by atoms with Crippen molar-refractivity contribution in [3.05, 3.63) is 7.05 Å². The molecule has 0 aromatic heterocycles. The van der Waals surface area contributed by atoms with E-state index in [-0.39, 0.29) is 5.60 Å². The maximum Gasteiger partial charge on any atom is 0.0753 e. The molecule has 0 N–H and O–H groups in total. The molecular weight excluding hydrogens is 114 g/mol. The van der Waals surface area contributed by atoms with Crippen molar-refractivity contribution in [1.29, 1.82) is 0 Å². The van der Waals surface area contributed by atoms with Gasteiger partial charge in [0.25, 0.3) is 0 Å². The lowest BCUT2D eigenvalue weighted by Crippen LogP contribution is -2.45. The van der Waals surface area contributed by atoms with Crippen LogP contribution in [-0.4, -0.2) is 30.2 Å². The van der Waals surface area contributed by atoms with Crippen LogP contribution in [-0.2, 0) is 4.74 Å². The predicted molar refractivity (Wildman–Crippen MR) is 37.0 cm³/mol. The molecule has 2 nitrogen and oxygen atoms in total. The molecule has 1 aliphatic heterocycles. The molecule has 1 rings (SSSR count). The van der Waals surface area contributed by atoms with E-state index in [1.54, 1.807) is 0 Å². The highest BCUT2D eigenvalue weighted by Gasteiger charge is 2.24. The summed E-state index contributed by atoms with van der Waals surface area (Å²) in [5.74, 6) is 0. The standard InChI is InChI=1S/C7H14NO/c1-7(2)6-8(3)4-5-9-7/h3-6H2,1-2H3. The minimum absolute atomic E-state index is 0.0139. The van der Waals surface area contributed by atoms with Gasteiger partial charge in [0, 0.05) is 20.1 Å². The first kappa shape index (κ1) is 7.03. The van der Waals surface area contributed by atoms with E-state index in [2.05, 4.69) is 20.9 Å². The molecule has 0 aromatic carbocycles. The highest BCUT2D eigenvalue weighted by Crippen LogP contribution is 2.14. The van der Waals surface area contributed by atoms with Gasteiger partial charge in [0.15, 0.2) is 0 Å². The van der Waals surface area contributed by atoms with Crippen molar-refractivity contribution < 1.29 is 4.74 Å². The molecule has 1 fully saturated rings. The maximum absolute atomic E-state index is 5.45. The van der Waals surface area contributed by atoms with Crippen LogP contribution in [0.4, 0.5) is 0 Å². The van der Waals surface area contributed by atoms with Gasteiger partial charge in [-0.1, -0.05) is 0 Å². The molecule has 1 aliphatic rings. The summed E-state index contributed by atoms with van der Waals surface area (Å²) >= 11 is 0. The molecule has 0 aromatic rings. The fourth-order valence-electron chi connectivity index (χ4n) is 1.11. The Morgan fingerprint density at radius 1 is 1.56 bits per heavy atom. The van der Waals surface area contributed by atoms with E-state index < -0.39 is 0 Å². The Morgan fingerprint density at radius 2 is 2.22 bits per heavy atom. The summed E-state index contributed by atoms with van der Waals surface area (Å²) in [6, 6.07) is 0. The Morgan fingerprint density at radius 3 is 2.56 bits per heavy atom. The van der Waals surface area contributed by atoms with Crippen molar-refractivity contribution in [2.45, 2.75) is 19.4 Å². The molecular formula is C7H14NO. The Kier molecular flexibility index (Phi) is 1.78. The van der Waals surface area contributed by atoms with Gasteiger partial charge in [0.2, 0.25) is 0 Å². The molecule has 2 heteroatoms. The summed E-state index contributed by atoms with van der Waals surface area (Å²) in [7, 11) is 3.85. The van der Waals surface area contributed by atoms with Gasteiger partial charge in [0.1, 0.15) is 0 Å². The summed E-state index contributed by atoms with van der Waals surface area (Å²) in [4.78, 5) is 2.05. The lowest BCUT2D eigenvalue weighted by molar-refractivity contribution is -0.0742. The fourth-order valence-corrected chi connectivity index (χ4v) is 1.11. The van der Waals surface area contributed by atoms with Gasteiger partial charge in [0.05, 0.1) is 12.2 Å². The summed E-state index contributed by atoms with van der Waals surface area (Å²) in [5, 5.41) is 0. The van der Waals surface area contributed by atoms with Gasteiger partial charge in [-0.2, -0.15) is 0 Å². The number of rotatable bonds is 0. The Balaban J connectivity index is 2.41. The molecule has 9 heavy (non-hydrogen) atoms. The van der Waals surface area contributed by atoms with Crippen LogP contribution >= 0.6 is 0 Å². The predicted octanol–water partition coefficient (Wildman–Crippen LogP) is 0.889. The molecule has 53 valence electrons. The van der Waals surface area contributed by atoms with Crippen molar-refractivity contribution in [3.8, 4) is 0 Å². The first-order valence-electron chi connectivity index (χ1n) is 3.30. The zero-order valence-corrected chi connectivity index (χ0v) is 6.18. The molecule has 0 amide bonds. The highest BCUT2D eigenvalue weighted by molar-refractivity contribution is 4.78. The fraction of sp³-hybridized carbons (Fsp3) is 0.857. The van der Waals surface area contributed by atoms with E-state index in [0.29, 0.717) is 0 Å². The van der Waals surface area contributed by atoms with E-state index in [4.69, 9.17) is 4.74 Å². The quantitative estimate of drug-likeness (QED) is 0.480. The van der Waals surface area contributed by atoms with Gasteiger partial charge < -0.3 is 4.74 Å². The SMILES string of the molecule is [CH2]N1CCOC(C)(C)C1. The Hall–Kier alpha value is -0.0800. The van der Waals surface area contributed by atoms with Crippen molar-refractivity contribution in [1.82, 2.24) is 4.90 Å². The monoisotopic (exact) mass is 128 g/mol. The molecule has 0 unspecified atom stereocenters. The first-order valence-corrected chi connectivity index (χ1v) is 3.30. The molecule has 0 bridgehead atoms. The van der Waals surface area contributed by atoms with E-state index in [0.717, 1.165) is 19.7 Å². The average molecular weight is 128 g/mol. The van der Waals surface area contributed by atoms with Crippen LogP contribution < -0.4 is 0 Å². The van der Waals surface area contributed by atoms with E-state index >= 15 is 0 Å². The number of morpholine rings is 1. The molecule has 0 atom stereocenters. The smallest absolute Gasteiger partial charge is 0.0753 e. The number of nitrogens with zero attached hydrogens (tertiary/aromatic N) is 1. The minimum atomic E-state index is 0.0139. The van der Waals surface area contributed by atoms with Crippen LogP contribution in [0.15, 0.2) is 0 Å². The maximum atomic E-state index is 5.45. The highest BCUT2D eigenvalue weighted by atomic mass is 16.5. The second-order valence-corrected chi connectivity index (χ2v) is 3.16. The summed E-state index contributed by atoms with van der Waals surface area (Å²) in [6.45, 7) is 6.89. The largest absolute Gasteiger partial charge is 0.373 e. The zero-order chi connectivity index (χ0) is 6.91. The van der Waals surface area contributed by atoms with E-state index in [1.165, 1.54) is 0 Å². The lowest BCUT2D eigenvalue weighted by atomic mass is 10.1. The van der Waals surface area contributed by atoms with Crippen LogP contribution in [0, 0.1) is 7.05 Å². The summed E-state index contributed by atoms with van der Waals surface area (Å²) in [5.41, 5.74) is 0.0139. The van der Waals surface area contributed by atoms with Gasteiger partial charge in [-0.05, 0) is 13.8 Å². The normalized spacial score (nSPS) is 28.3. The average Bonchev–Trinajstić information content (AvgIpc) is 1.60. The summed E-state index contributed by atoms with van der Waals surface area (Å²) < 4.78 is 5.45. The molecule has 1 radical (unpaired) electrons. The molecule has 1 saturated heterocycles. The number of hydrogen-bond donors (Lipinski definition) is 0. The van der Waals surface area contributed by atoms with Crippen molar-refractivity contribution >= 4 is 0 Å². The van der Waals surface area contributed by atoms with Crippen LogP contribution in [0.25, 0.3) is 0 Å². The zero-order valence-electron chi connectivity index (χ0n) is 6.18. The third-order valence-corrected chi connectivity index (χ3v) is 1.50.